The van der Waals surface area contributed by atoms with Crippen LogP contribution in [0.4, 0.5) is 4.39 Å². The topological polar surface area (TPSA) is 62.2 Å². The molecule has 2 N–H and O–H groups in total. The second kappa shape index (κ2) is 8.41. The van der Waals surface area contributed by atoms with E-state index < -0.39 is 6.10 Å². The molecule has 0 radical (unpaired) electrons. The third kappa shape index (κ3) is 5.92. The molecule has 0 aliphatic heterocycles. The highest BCUT2D eigenvalue weighted by molar-refractivity contribution is 5.95. The van der Waals surface area contributed by atoms with Crippen LogP contribution in [0.2, 0.25) is 0 Å². The van der Waals surface area contributed by atoms with Crippen LogP contribution in [0.15, 0.2) is 36.5 Å². The monoisotopic (exact) mass is 358 g/mol. The summed E-state index contributed by atoms with van der Waals surface area (Å²) in [7, 11) is 0. The molecular formula is C21H27FN2O2. The van der Waals surface area contributed by atoms with Gasteiger partial charge in [0.15, 0.2) is 0 Å². The van der Waals surface area contributed by atoms with Crippen LogP contribution in [0.25, 0.3) is 0 Å². The zero-order valence-corrected chi connectivity index (χ0v) is 15.8. The Labute approximate surface area is 154 Å². The number of amides is 1. The smallest absolute Gasteiger partial charge is 0.253 e. The van der Waals surface area contributed by atoms with Gasteiger partial charge in [0.1, 0.15) is 5.82 Å². The van der Waals surface area contributed by atoms with Gasteiger partial charge >= 0.3 is 0 Å². The lowest BCUT2D eigenvalue weighted by Gasteiger charge is -2.21. The van der Waals surface area contributed by atoms with Crippen molar-refractivity contribution in [3.8, 4) is 0 Å². The third-order valence-corrected chi connectivity index (χ3v) is 4.00. The average molecular weight is 358 g/mol. The lowest BCUT2D eigenvalue weighted by molar-refractivity contribution is 0.0917. The number of rotatable bonds is 6. The van der Waals surface area contributed by atoms with E-state index >= 15 is 0 Å². The highest BCUT2D eigenvalue weighted by atomic mass is 19.1. The molecule has 1 unspecified atom stereocenters. The van der Waals surface area contributed by atoms with E-state index in [2.05, 4.69) is 10.3 Å². The first-order chi connectivity index (χ1) is 12.2. The molecule has 2 aromatic rings. The summed E-state index contributed by atoms with van der Waals surface area (Å²) in [4.78, 5) is 16.7. The van der Waals surface area contributed by atoms with Crippen molar-refractivity contribution < 1.29 is 14.3 Å². The van der Waals surface area contributed by atoms with Crippen molar-refractivity contribution in [2.45, 2.75) is 58.6 Å². The van der Waals surface area contributed by atoms with E-state index in [1.165, 1.54) is 6.07 Å². The van der Waals surface area contributed by atoms with Crippen LogP contribution in [0, 0.1) is 12.7 Å². The number of hydrogen-bond donors (Lipinski definition) is 2. The molecule has 1 aromatic carbocycles. The number of carbonyl (C=O) groups excluding carboxylic acids is 1. The highest BCUT2D eigenvalue weighted by Gasteiger charge is 2.20. The second-order valence-corrected chi connectivity index (χ2v) is 7.69. The molecular weight excluding hydrogens is 331 g/mol. The average Bonchev–Trinajstić information content (AvgIpc) is 2.54. The van der Waals surface area contributed by atoms with E-state index in [1.54, 1.807) is 30.5 Å². The van der Waals surface area contributed by atoms with Gasteiger partial charge in [-0.3, -0.25) is 9.78 Å². The van der Waals surface area contributed by atoms with Gasteiger partial charge in [-0.15, -0.1) is 0 Å². The summed E-state index contributed by atoms with van der Waals surface area (Å²) in [5, 5.41) is 13.3. The molecule has 0 aliphatic rings. The Kier molecular flexibility index (Phi) is 6.48. The number of hydrogen-bond acceptors (Lipinski definition) is 3. The van der Waals surface area contributed by atoms with E-state index in [-0.39, 0.29) is 23.7 Å². The Morgan fingerprint density at radius 2 is 2.04 bits per heavy atom. The number of aliphatic hydroxyl groups is 1. The van der Waals surface area contributed by atoms with Gasteiger partial charge in [0, 0.05) is 18.2 Å². The fraction of sp³-hybridized carbons (Fsp3) is 0.429. The van der Waals surface area contributed by atoms with Crippen LogP contribution in [-0.2, 0) is 12.8 Å². The first-order valence-corrected chi connectivity index (χ1v) is 8.85. The van der Waals surface area contributed by atoms with Crippen LogP contribution in [-0.4, -0.2) is 27.6 Å². The van der Waals surface area contributed by atoms with Gasteiger partial charge in [0.25, 0.3) is 5.91 Å². The van der Waals surface area contributed by atoms with Crippen molar-refractivity contribution in [2.75, 3.05) is 0 Å². The number of benzene rings is 1. The van der Waals surface area contributed by atoms with Crippen molar-refractivity contribution >= 4 is 5.91 Å². The molecule has 5 heteroatoms. The fourth-order valence-electron chi connectivity index (χ4n) is 2.76. The number of aromatic nitrogens is 1. The number of nitrogens with zero attached hydrogens (tertiary/aromatic N) is 1. The molecule has 0 bridgehead atoms. The van der Waals surface area contributed by atoms with E-state index in [0.717, 1.165) is 5.56 Å². The summed E-state index contributed by atoms with van der Waals surface area (Å²) in [6.07, 6.45) is 1.99. The molecule has 26 heavy (non-hydrogen) atoms. The van der Waals surface area contributed by atoms with Crippen LogP contribution in [0.5, 0.6) is 0 Å². The number of aryl methyl sites for hydroxylation is 2. The Morgan fingerprint density at radius 1 is 1.31 bits per heavy atom. The summed E-state index contributed by atoms with van der Waals surface area (Å²) < 4.78 is 13.8. The minimum absolute atomic E-state index is 0.211. The zero-order chi connectivity index (χ0) is 19.3. The number of carbonyl (C=O) groups is 1. The van der Waals surface area contributed by atoms with Gasteiger partial charge in [-0.25, -0.2) is 4.39 Å². The van der Waals surface area contributed by atoms with Gasteiger partial charge in [0.05, 0.1) is 17.4 Å². The highest BCUT2D eigenvalue weighted by Crippen LogP contribution is 2.16. The SMILES string of the molecule is Cc1ccc(F)c(CCC(O)Cc2ncccc2C(=O)NC(C)(C)C)c1. The molecule has 1 amide bonds. The third-order valence-electron chi connectivity index (χ3n) is 4.00. The van der Waals surface area contributed by atoms with E-state index in [1.807, 2.05) is 27.7 Å². The van der Waals surface area contributed by atoms with Crippen LogP contribution in [0.3, 0.4) is 0 Å². The van der Waals surface area contributed by atoms with Crippen molar-refractivity contribution in [1.29, 1.82) is 0 Å². The summed E-state index contributed by atoms with van der Waals surface area (Å²) in [6, 6.07) is 8.38. The summed E-state index contributed by atoms with van der Waals surface area (Å²) in [5.41, 5.74) is 2.23. The maximum atomic E-state index is 13.8. The molecule has 1 heterocycles. The fourth-order valence-corrected chi connectivity index (χ4v) is 2.76. The van der Waals surface area contributed by atoms with Crippen molar-refractivity contribution in [2.24, 2.45) is 0 Å². The first-order valence-electron chi connectivity index (χ1n) is 8.85. The van der Waals surface area contributed by atoms with Gasteiger partial charge in [-0.1, -0.05) is 17.7 Å². The van der Waals surface area contributed by atoms with Crippen LogP contribution >= 0.6 is 0 Å². The second-order valence-electron chi connectivity index (χ2n) is 7.69. The van der Waals surface area contributed by atoms with Gasteiger partial charge in [0.2, 0.25) is 0 Å². The predicted octanol–water partition coefficient (Wildman–Crippen LogP) is 3.59. The summed E-state index contributed by atoms with van der Waals surface area (Å²) >= 11 is 0. The lowest BCUT2D eigenvalue weighted by Crippen LogP contribution is -2.41. The Balaban J connectivity index is 2.04. The molecule has 0 fully saturated rings. The minimum atomic E-state index is -0.703. The van der Waals surface area contributed by atoms with Crippen molar-refractivity contribution in [3.05, 3.63) is 64.7 Å². The summed E-state index contributed by atoms with van der Waals surface area (Å²) in [6.45, 7) is 7.64. The van der Waals surface area contributed by atoms with Gasteiger partial charge < -0.3 is 10.4 Å². The maximum absolute atomic E-state index is 13.8. The number of nitrogens with one attached hydrogen (secondary N) is 1. The van der Waals surface area contributed by atoms with Crippen LogP contribution < -0.4 is 5.32 Å². The molecule has 0 saturated carbocycles. The Bertz CT molecular complexity index is 769. The van der Waals surface area contributed by atoms with Crippen molar-refractivity contribution in [3.63, 3.8) is 0 Å². The van der Waals surface area contributed by atoms with Crippen LogP contribution in [0.1, 0.15) is 54.4 Å². The molecule has 2 rings (SSSR count). The standard InChI is InChI=1S/C21H27FN2O2/c1-14-7-10-18(22)15(12-14)8-9-16(25)13-19-17(6-5-11-23-19)20(26)24-21(2,3)4/h5-7,10-12,16,25H,8-9,13H2,1-4H3,(H,24,26). The zero-order valence-electron chi connectivity index (χ0n) is 15.8. The predicted molar refractivity (Wildman–Crippen MR) is 101 cm³/mol. The molecule has 0 aliphatic carbocycles. The Hall–Kier alpha value is -2.27. The normalized spacial score (nSPS) is 12.7. The molecule has 1 atom stereocenters. The minimum Gasteiger partial charge on any atom is -0.393 e. The molecule has 0 saturated heterocycles. The largest absolute Gasteiger partial charge is 0.393 e. The lowest BCUT2D eigenvalue weighted by atomic mass is 9.99. The molecule has 4 nitrogen and oxygen atoms in total. The summed E-state index contributed by atoms with van der Waals surface area (Å²) in [5.74, 6) is -0.469. The van der Waals surface area contributed by atoms with E-state index in [0.29, 0.717) is 29.7 Å². The number of aliphatic hydroxyl groups excluding tert-OH is 1. The quantitative estimate of drug-likeness (QED) is 0.829. The number of pyridine rings is 1. The van der Waals surface area contributed by atoms with Crippen molar-refractivity contribution in [1.82, 2.24) is 10.3 Å². The molecule has 1 aromatic heterocycles. The van der Waals surface area contributed by atoms with E-state index in [4.69, 9.17) is 0 Å². The molecule has 140 valence electrons. The van der Waals surface area contributed by atoms with E-state index in [9.17, 15) is 14.3 Å². The Morgan fingerprint density at radius 3 is 2.73 bits per heavy atom. The first kappa shape index (κ1) is 20.0. The van der Waals surface area contributed by atoms with Gasteiger partial charge in [-0.05, 0) is 64.3 Å². The molecule has 0 spiro atoms. The maximum Gasteiger partial charge on any atom is 0.253 e. The van der Waals surface area contributed by atoms with Gasteiger partial charge in [-0.2, -0.15) is 0 Å². The number of halogens is 1.